The SMILES string of the molecule is COc1cccc2cscc12. The topological polar surface area (TPSA) is 9.23 Å². The van der Waals surface area contributed by atoms with E-state index in [0.29, 0.717) is 0 Å². The Kier molecular flexibility index (Phi) is 1.55. The third-order valence-electron chi connectivity index (χ3n) is 1.70. The predicted octanol–water partition coefficient (Wildman–Crippen LogP) is 2.91. The average molecular weight is 164 g/mol. The van der Waals surface area contributed by atoms with Gasteiger partial charge < -0.3 is 4.74 Å². The minimum Gasteiger partial charge on any atom is -0.496 e. The molecule has 0 amide bonds. The Bertz CT molecular complexity index is 364. The number of fused-ring (bicyclic) bond motifs is 1. The van der Waals surface area contributed by atoms with Crippen LogP contribution in [0.2, 0.25) is 0 Å². The maximum absolute atomic E-state index is 5.19. The van der Waals surface area contributed by atoms with Gasteiger partial charge in [-0.1, -0.05) is 12.1 Å². The molecule has 0 saturated heterocycles. The van der Waals surface area contributed by atoms with Crippen LogP contribution in [0.4, 0.5) is 0 Å². The Labute approximate surface area is 69.2 Å². The lowest BCUT2D eigenvalue weighted by atomic mass is 10.2. The average Bonchev–Trinajstić information content (AvgIpc) is 2.50. The highest BCUT2D eigenvalue weighted by Gasteiger charge is 1.98. The molecule has 0 atom stereocenters. The Balaban J connectivity index is 2.79. The smallest absolute Gasteiger partial charge is 0.127 e. The van der Waals surface area contributed by atoms with E-state index < -0.39 is 0 Å². The number of hydrogen-bond acceptors (Lipinski definition) is 2. The van der Waals surface area contributed by atoms with Gasteiger partial charge in [0, 0.05) is 10.8 Å². The van der Waals surface area contributed by atoms with Crippen LogP contribution in [0.5, 0.6) is 5.75 Å². The van der Waals surface area contributed by atoms with Crippen molar-refractivity contribution in [1.82, 2.24) is 0 Å². The highest BCUT2D eigenvalue weighted by atomic mass is 32.1. The zero-order chi connectivity index (χ0) is 7.68. The van der Waals surface area contributed by atoms with Gasteiger partial charge in [0.1, 0.15) is 5.75 Å². The molecule has 0 fully saturated rings. The van der Waals surface area contributed by atoms with Crippen LogP contribution in [-0.4, -0.2) is 7.11 Å². The lowest BCUT2D eigenvalue weighted by Gasteiger charge is -1.99. The van der Waals surface area contributed by atoms with Crippen LogP contribution < -0.4 is 4.74 Å². The molecule has 1 aromatic heterocycles. The van der Waals surface area contributed by atoms with Crippen LogP contribution in [0.25, 0.3) is 10.8 Å². The van der Waals surface area contributed by atoms with Gasteiger partial charge in [0.25, 0.3) is 0 Å². The summed E-state index contributed by atoms with van der Waals surface area (Å²) in [5, 5.41) is 6.70. The molecule has 0 aliphatic carbocycles. The normalized spacial score (nSPS) is 10.3. The zero-order valence-corrected chi connectivity index (χ0v) is 7.02. The summed E-state index contributed by atoms with van der Waals surface area (Å²) in [7, 11) is 1.70. The lowest BCUT2D eigenvalue weighted by molar-refractivity contribution is 0.420. The van der Waals surface area contributed by atoms with Gasteiger partial charge in [-0.3, -0.25) is 0 Å². The van der Waals surface area contributed by atoms with Gasteiger partial charge in [-0.25, -0.2) is 0 Å². The maximum atomic E-state index is 5.19. The molecule has 0 bridgehead atoms. The summed E-state index contributed by atoms with van der Waals surface area (Å²) in [6, 6.07) is 6.08. The third-order valence-corrected chi connectivity index (χ3v) is 2.46. The molecule has 0 aliphatic rings. The van der Waals surface area contributed by atoms with E-state index in [-0.39, 0.29) is 0 Å². The first-order valence-corrected chi connectivity index (χ1v) is 4.35. The molecule has 1 heterocycles. The van der Waals surface area contributed by atoms with Crippen molar-refractivity contribution in [3.05, 3.63) is 29.0 Å². The van der Waals surface area contributed by atoms with Crippen molar-refractivity contribution in [2.75, 3.05) is 7.11 Å². The van der Waals surface area contributed by atoms with Crippen LogP contribution >= 0.6 is 11.3 Å². The second kappa shape index (κ2) is 2.55. The molecule has 0 aliphatic heterocycles. The van der Waals surface area contributed by atoms with E-state index in [9.17, 15) is 0 Å². The lowest BCUT2D eigenvalue weighted by Crippen LogP contribution is -1.81. The van der Waals surface area contributed by atoms with Gasteiger partial charge in [0.2, 0.25) is 0 Å². The predicted molar refractivity (Wildman–Crippen MR) is 48.4 cm³/mol. The van der Waals surface area contributed by atoms with Crippen molar-refractivity contribution in [3.8, 4) is 5.75 Å². The molecule has 0 saturated carbocycles. The Morgan fingerprint density at radius 1 is 1.27 bits per heavy atom. The van der Waals surface area contributed by atoms with Crippen molar-refractivity contribution in [2.45, 2.75) is 0 Å². The summed E-state index contributed by atoms with van der Waals surface area (Å²) in [6.45, 7) is 0. The molecule has 0 unspecified atom stereocenters. The fourth-order valence-electron chi connectivity index (χ4n) is 1.14. The van der Waals surface area contributed by atoms with Crippen LogP contribution in [0, 0.1) is 0 Å². The monoisotopic (exact) mass is 164 g/mol. The molecule has 56 valence electrons. The molecular formula is C9H8OS. The molecule has 1 nitrogen and oxygen atoms in total. The molecule has 1 aromatic carbocycles. The second-order valence-corrected chi connectivity index (χ2v) is 3.08. The number of methoxy groups -OCH3 is 1. The minimum atomic E-state index is 0.962. The van der Waals surface area contributed by atoms with Gasteiger partial charge >= 0.3 is 0 Å². The highest BCUT2D eigenvalue weighted by molar-refractivity contribution is 7.09. The van der Waals surface area contributed by atoms with E-state index in [1.807, 2.05) is 12.1 Å². The largest absolute Gasteiger partial charge is 0.496 e. The molecule has 0 radical (unpaired) electrons. The van der Waals surface area contributed by atoms with E-state index in [1.165, 1.54) is 10.8 Å². The molecule has 0 N–H and O–H groups in total. The van der Waals surface area contributed by atoms with Gasteiger partial charge in [0.05, 0.1) is 7.11 Å². The number of hydrogen-bond donors (Lipinski definition) is 0. The summed E-state index contributed by atoms with van der Waals surface area (Å²) in [5.74, 6) is 0.962. The van der Waals surface area contributed by atoms with Crippen molar-refractivity contribution in [2.24, 2.45) is 0 Å². The van der Waals surface area contributed by atoms with Crippen molar-refractivity contribution in [3.63, 3.8) is 0 Å². The summed E-state index contributed by atoms with van der Waals surface area (Å²) in [5.41, 5.74) is 0. The number of thiophene rings is 1. The summed E-state index contributed by atoms with van der Waals surface area (Å²) < 4.78 is 5.19. The zero-order valence-electron chi connectivity index (χ0n) is 6.20. The third kappa shape index (κ3) is 0.994. The Morgan fingerprint density at radius 3 is 3.00 bits per heavy atom. The second-order valence-electron chi connectivity index (χ2n) is 2.33. The molecule has 11 heavy (non-hydrogen) atoms. The van der Waals surface area contributed by atoms with Crippen LogP contribution in [0.1, 0.15) is 0 Å². The van der Waals surface area contributed by atoms with Crippen LogP contribution in [0.15, 0.2) is 29.0 Å². The summed E-state index contributed by atoms with van der Waals surface area (Å²) in [6.07, 6.45) is 0. The molecule has 2 rings (SSSR count). The molecule has 2 heteroatoms. The van der Waals surface area contributed by atoms with E-state index in [4.69, 9.17) is 4.74 Å². The van der Waals surface area contributed by atoms with Crippen LogP contribution in [0.3, 0.4) is 0 Å². The number of rotatable bonds is 1. The standard InChI is InChI=1S/C9H8OS/c1-10-9-4-2-3-7-5-11-6-8(7)9/h2-6H,1H3. The van der Waals surface area contributed by atoms with Gasteiger partial charge in [-0.15, -0.1) is 0 Å². The van der Waals surface area contributed by atoms with E-state index >= 15 is 0 Å². The van der Waals surface area contributed by atoms with Crippen molar-refractivity contribution < 1.29 is 4.74 Å². The van der Waals surface area contributed by atoms with Gasteiger partial charge in [0.15, 0.2) is 0 Å². The summed E-state index contributed by atoms with van der Waals surface area (Å²) in [4.78, 5) is 0. The van der Waals surface area contributed by atoms with Gasteiger partial charge in [-0.2, -0.15) is 11.3 Å². The molecule has 2 aromatic rings. The molecular weight excluding hydrogens is 156 g/mol. The van der Waals surface area contributed by atoms with Crippen molar-refractivity contribution in [1.29, 1.82) is 0 Å². The number of ether oxygens (including phenoxy) is 1. The van der Waals surface area contributed by atoms with E-state index in [2.05, 4.69) is 16.8 Å². The van der Waals surface area contributed by atoms with Crippen LogP contribution in [-0.2, 0) is 0 Å². The number of benzene rings is 1. The van der Waals surface area contributed by atoms with Crippen molar-refractivity contribution >= 4 is 22.1 Å². The first-order valence-electron chi connectivity index (χ1n) is 3.41. The quantitative estimate of drug-likeness (QED) is 0.629. The van der Waals surface area contributed by atoms with E-state index in [0.717, 1.165) is 5.75 Å². The Hall–Kier alpha value is -1.02. The molecule has 0 spiro atoms. The highest BCUT2D eigenvalue weighted by Crippen LogP contribution is 2.27. The fourth-order valence-corrected chi connectivity index (χ4v) is 1.95. The van der Waals surface area contributed by atoms with E-state index in [1.54, 1.807) is 18.4 Å². The van der Waals surface area contributed by atoms with Gasteiger partial charge in [-0.05, 0) is 16.8 Å². The maximum Gasteiger partial charge on any atom is 0.127 e. The fraction of sp³-hybridized carbons (Fsp3) is 0.111. The Morgan fingerprint density at radius 2 is 2.18 bits per heavy atom. The first kappa shape index (κ1) is 6.68. The summed E-state index contributed by atoms with van der Waals surface area (Å²) >= 11 is 1.70. The first-order chi connectivity index (χ1) is 5.42. The minimum absolute atomic E-state index is 0.962.